The molecule has 0 bridgehead atoms. The number of benzene rings is 17. The van der Waals surface area contributed by atoms with Gasteiger partial charge in [-0.2, -0.15) is 36.9 Å². The molecule has 0 aliphatic carbocycles. The quantitative estimate of drug-likeness (QED) is 0.0730. The van der Waals surface area contributed by atoms with E-state index < -0.39 is 23.5 Å². The first kappa shape index (κ1) is 82.7. The van der Waals surface area contributed by atoms with Gasteiger partial charge in [-0.1, -0.05) is 284 Å². The Balaban J connectivity index is 0.000000166. The first-order valence-corrected chi connectivity index (χ1v) is 42.5. The van der Waals surface area contributed by atoms with Gasteiger partial charge >= 0.3 is 12.4 Å². The summed E-state index contributed by atoms with van der Waals surface area (Å²) in [6.07, 6.45) is -9.06. The van der Waals surface area contributed by atoms with Crippen LogP contribution in [0.2, 0.25) is 0 Å². The van der Waals surface area contributed by atoms with Crippen molar-refractivity contribution in [1.29, 1.82) is 10.5 Å². The molecular formula is C115H71F6N11. The standard InChI is InChI=1S/C61H37F3N6.C54H34F3N5/c1-38-19-21-40(22-20-38)51-35-48(60-68-58(42-12-5-3-6-13-42)67-59(69-60)43-14-7-4-8-15-43)36-52(41-23-27-49(28-24-41)61(62,63)64)57(51)70-55-29-25-46(44-16-9-11-39(31-44)37-65)33-53(55)54-34-47(26-30-56(54)70)45-17-10-18-50(32-45)66-2;1-34-19-21-36(22-20-34)45-31-42(53-60-51(38-12-4-2-5-13-38)59-52(61-53)39-14-6-3-7-15-39)32-46(37-23-26-43(27-24-37)54(55,56)57)50(45)62-48-18-9-8-17-44(48)47-30-41(25-28-49(47)62)40-16-10-11-35(29-40)33-58/h3-36H,1H3;2-32H,1H3. The second kappa shape index (κ2) is 34.6. The molecule has 0 saturated heterocycles. The van der Waals surface area contributed by atoms with E-state index in [9.17, 15) is 36.9 Å². The summed E-state index contributed by atoms with van der Waals surface area (Å²) in [5, 5.41) is 23.3. The van der Waals surface area contributed by atoms with E-state index in [1.165, 1.54) is 24.3 Å². The largest absolute Gasteiger partial charge is 0.416 e. The van der Waals surface area contributed by atoms with Crippen molar-refractivity contribution in [2.24, 2.45) is 0 Å². The smallest absolute Gasteiger partial charge is 0.308 e. The highest BCUT2D eigenvalue weighted by molar-refractivity contribution is 6.14. The van der Waals surface area contributed by atoms with E-state index in [0.29, 0.717) is 85.1 Å². The van der Waals surface area contributed by atoms with Gasteiger partial charge in [-0.3, -0.25) is 0 Å². The number of rotatable bonds is 15. The summed E-state index contributed by atoms with van der Waals surface area (Å²) in [5.74, 6) is 2.72. The SMILES string of the molecule is Cc1ccc(-c2cc(-c3nc(-c4ccccc4)nc(-c4ccccc4)n3)cc(-c3ccc(C(F)(F)F)cc3)c2-n2c3ccccc3c3cc(-c4cccc(C#N)c4)ccc32)cc1.[C-]#[N+]c1cccc(-c2ccc3c(c2)c2cc(-c4cccc(C#N)c4)ccc2n3-c2c(-c3ccc(C)cc3)cc(-c3nc(-c4ccccc4)nc(-c4ccccc4)n3)cc2-c2ccc(C(F)(F)F)cc2)c1. The van der Waals surface area contributed by atoms with Crippen LogP contribution in [0.15, 0.2) is 394 Å². The van der Waals surface area contributed by atoms with Crippen LogP contribution < -0.4 is 0 Å². The van der Waals surface area contributed by atoms with Gasteiger partial charge in [0.1, 0.15) is 0 Å². The molecule has 0 saturated carbocycles. The summed E-state index contributed by atoms with van der Waals surface area (Å²) in [5.41, 5.74) is 23.1. The van der Waals surface area contributed by atoms with Crippen LogP contribution in [0, 0.1) is 43.1 Å². The highest BCUT2D eigenvalue weighted by Crippen LogP contribution is 2.50. The fourth-order valence-electron chi connectivity index (χ4n) is 17.2. The van der Waals surface area contributed by atoms with E-state index in [2.05, 4.69) is 123 Å². The van der Waals surface area contributed by atoms with Crippen LogP contribution in [-0.4, -0.2) is 39.0 Å². The van der Waals surface area contributed by atoms with Gasteiger partial charge in [0.2, 0.25) is 0 Å². The molecule has 0 amide bonds. The Morgan fingerprint density at radius 3 is 0.841 bits per heavy atom. The highest BCUT2D eigenvalue weighted by Gasteiger charge is 2.33. The normalized spacial score (nSPS) is 11.5. The van der Waals surface area contributed by atoms with Gasteiger partial charge in [-0.05, 0) is 191 Å². The Labute approximate surface area is 755 Å². The summed E-state index contributed by atoms with van der Waals surface area (Å²) >= 11 is 0. The third kappa shape index (κ3) is 16.3. The lowest BCUT2D eigenvalue weighted by Crippen LogP contribution is -2.05. The molecule has 0 atom stereocenters. The Kier molecular flexibility index (Phi) is 21.7. The zero-order chi connectivity index (χ0) is 90.3. The monoisotopic (exact) mass is 1720 g/mol. The molecule has 21 aromatic rings. The summed E-state index contributed by atoms with van der Waals surface area (Å²) < 4.78 is 89.5. The molecule has 0 radical (unpaired) electrons. The third-order valence-electron chi connectivity index (χ3n) is 23.8. The number of para-hydroxylation sites is 1. The first-order valence-electron chi connectivity index (χ1n) is 42.5. The van der Waals surface area contributed by atoms with Crippen molar-refractivity contribution in [3.63, 3.8) is 0 Å². The van der Waals surface area contributed by atoms with Crippen molar-refractivity contribution in [3.05, 3.63) is 439 Å². The van der Waals surface area contributed by atoms with Crippen molar-refractivity contribution in [2.75, 3.05) is 0 Å². The second-order valence-electron chi connectivity index (χ2n) is 32.2. The summed E-state index contributed by atoms with van der Waals surface area (Å²) in [6, 6.07) is 128. The lowest BCUT2D eigenvalue weighted by atomic mass is 9.91. The predicted molar refractivity (Wildman–Crippen MR) is 514 cm³/mol. The van der Waals surface area contributed by atoms with Crippen molar-refractivity contribution < 1.29 is 26.3 Å². The molecule has 0 aliphatic heterocycles. The Morgan fingerprint density at radius 2 is 0.515 bits per heavy atom. The lowest BCUT2D eigenvalue weighted by molar-refractivity contribution is -0.138. The van der Waals surface area contributed by atoms with Crippen molar-refractivity contribution in [2.45, 2.75) is 26.2 Å². The van der Waals surface area contributed by atoms with E-state index in [-0.39, 0.29) is 0 Å². The number of fused-ring (bicyclic) bond motifs is 6. The van der Waals surface area contributed by atoms with Crippen LogP contribution in [0.5, 0.6) is 0 Å². The summed E-state index contributed by atoms with van der Waals surface area (Å²) in [4.78, 5) is 33.9. The van der Waals surface area contributed by atoms with Gasteiger partial charge in [0.25, 0.3) is 0 Å². The molecule has 132 heavy (non-hydrogen) atoms. The fraction of sp³-hybridized carbons (Fsp3) is 0.0348. The zero-order valence-electron chi connectivity index (χ0n) is 70.7. The molecule has 4 heterocycles. The molecule has 0 spiro atoms. The predicted octanol–water partition coefficient (Wildman–Crippen LogP) is 30.6. The topological polar surface area (TPSA) is 139 Å². The number of hydrogen-bond acceptors (Lipinski definition) is 8. The van der Waals surface area contributed by atoms with Gasteiger partial charge in [0.05, 0.1) is 74.4 Å². The molecule has 0 unspecified atom stereocenters. The van der Waals surface area contributed by atoms with Crippen LogP contribution >= 0.6 is 0 Å². The van der Waals surface area contributed by atoms with Crippen LogP contribution in [0.1, 0.15) is 33.4 Å². The van der Waals surface area contributed by atoms with Gasteiger partial charge in [-0.25, -0.2) is 34.7 Å². The van der Waals surface area contributed by atoms with Gasteiger partial charge < -0.3 is 9.13 Å². The van der Waals surface area contributed by atoms with E-state index in [4.69, 9.17) is 36.5 Å². The summed E-state index contributed by atoms with van der Waals surface area (Å²) in [6.45, 7) is 11.8. The number of nitriles is 2. The van der Waals surface area contributed by atoms with E-state index in [0.717, 1.165) is 168 Å². The van der Waals surface area contributed by atoms with Gasteiger partial charge in [0, 0.05) is 77.2 Å². The Hall–Kier alpha value is -17.6. The van der Waals surface area contributed by atoms with Crippen LogP contribution in [0.4, 0.5) is 32.0 Å². The lowest BCUT2D eigenvalue weighted by Gasteiger charge is -2.21. The average Bonchev–Trinajstić information content (AvgIpc) is 1.56. The molecule has 11 nitrogen and oxygen atoms in total. The van der Waals surface area contributed by atoms with Crippen LogP contribution in [0.3, 0.4) is 0 Å². The van der Waals surface area contributed by atoms with Crippen molar-refractivity contribution >= 4 is 49.3 Å². The zero-order valence-corrected chi connectivity index (χ0v) is 70.7. The van der Waals surface area contributed by atoms with Gasteiger partial charge in [-0.15, -0.1) is 0 Å². The number of alkyl halides is 6. The van der Waals surface area contributed by atoms with E-state index >= 15 is 0 Å². The maximum Gasteiger partial charge on any atom is 0.416 e. The van der Waals surface area contributed by atoms with E-state index in [1.807, 2.05) is 244 Å². The number of nitrogens with zero attached hydrogens (tertiary/aromatic N) is 11. The minimum atomic E-state index is -4.55. The van der Waals surface area contributed by atoms with Crippen LogP contribution in [0.25, 0.3) is 206 Å². The molecule has 628 valence electrons. The van der Waals surface area contributed by atoms with Gasteiger partial charge in [0.15, 0.2) is 40.6 Å². The molecule has 0 fully saturated rings. The second-order valence-corrected chi connectivity index (χ2v) is 32.2. The highest BCUT2D eigenvalue weighted by atomic mass is 19.4. The Morgan fingerprint density at radius 1 is 0.250 bits per heavy atom. The molecule has 4 aromatic heterocycles. The molecule has 17 aromatic carbocycles. The number of aryl methyl sites for hydroxylation is 2. The van der Waals surface area contributed by atoms with E-state index in [1.54, 1.807) is 18.2 Å². The fourth-order valence-corrected chi connectivity index (χ4v) is 17.2. The molecule has 0 N–H and O–H groups in total. The van der Waals surface area contributed by atoms with Crippen molar-refractivity contribution in [3.8, 4) is 170 Å². The number of aromatic nitrogens is 8. The maximum absolute atomic E-state index is 14.3. The molecule has 0 aliphatic rings. The van der Waals surface area contributed by atoms with Crippen LogP contribution in [-0.2, 0) is 12.4 Å². The molecule has 17 heteroatoms. The maximum atomic E-state index is 14.3. The summed E-state index contributed by atoms with van der Waals surface area (Å²) in [7, 11) is 0. The number of halogens is 6. The molecule has 21 rings (SSSR count). The minimum absolute atomic E-state index is 0.388. The average molecular weight is 1720 g/mol. The Bertz CT molecular complexity index is 7950. The van der Waals surface area contributed by atoms with Crippen molar-refractivity contribution in [1.82, 2.24) is 39.0 Å². The third-order valence-corrected chi connectivity index (χ3v) is 23.8. The molecular weight excluding hydrogens is 1650 g/mol. The minimum Gasteiger partial charge on any atom is -0.308 e. The number of hydrogen-bond donors (Lipinski definition) is 0. The first-order chi connectivity index (χ1) is 64.3.